The van der Waals surface area contributed by atoms with E-state index in [1.54, 1.807) is 0 Å². The molecule has 20 heavy (non-hydrogen) atoms. The van der Waals surface area contributed by atoms with E-state index in [0.717, 1.165) is 63.0 Å². The second kappa shape index (κ2) is 6.39. The van der Waals surface area contributed by atoms with Crippen molar-refractivity contribution in [1.29, 1.82) is 0 Å². The Morgan fingerprint density at radius 2 is 2.00 bits per heavy atom. The monoisotopic (exact) mass is 276 g/mol. The lowest BCUT2D eigenvalue weighted by Crippen LogP contribution is -2.29. The molecule has 0 radical (unpaired) electrons. The molecule has 0 unspecified atom stereocenters. The van der Waals surface area contributed by atoms with Crippen molar-refractivity contribution in [3.05, 3.63) is 11.9 Å². The van der Waals surface area contributed by atoms with Gasteiger partial charge in [0.15, 0.2) is 0 Å². The van der Waals surface area contributed by atoms with Gasteiger partial charge in [-0.2, -0.15) is 0 Å². The summed E-state index contributed by atoms with van der Waals surface area (Å²) >= 11 is 0. The number of anilines is 2. The Balaban J connectivity index is 1.76. The number of nitrogens with one attached hydrogen (secondary N) is 1. The smallest absolute Gasteiger partial charge is 0.134 e. The second-order valence-electron chi connectivity index (χ2n) is 5.61. The van der Waals surface area contributed by atoms with Gasteiger partial charge in [0.1, 0.15) is 17.5 Å². The maximum Gasteiger partial charge on any atom is 0.134 e. The highest BCUT2D eigenvalue weighted by Gasteiger charge is 2.18. The van der Waals surface area contributed by atoms with Gasteiger partial charge in [-0.3, -0.25) is 0 Å². The van der Waals surface area contributed by atoms with Crippen LogP contribution in [0.4, 0.5) is 11.6 Å². The van der Waals surface area contributed by atoms with Crippen LogP contribution < -0.4 is 10.2 Å². The first-order chi connectivity index (χ1) is 9.85. The van der Waals surface area contributed by atoms with Crippen LogP contribution in [0.2, 0.25) is 0 Å². The van der Waals surface area contributed by atoms with Crippen LogP contribution in [0.1, 0.15) is 38.4 Å². The average Bonchev–Trinajstić information content (AvgIpc) is 3.02. The first-order valence-corrected chi connectivity index (χ1v) is 7.82. The van der Waals surface area contributed by atoms with Crippen molar-refractivity contribution in [2.75, 3.05) is 36.5 Å². The molecule has 5 heteroatoms. The molecule has 110 valence electrons. The van der Waals surface area contributed by atoms with Crippen molar-refractivity contribution in [3.8, 4) is 0 Å². The van der Waals surface area contributed by atoms with Crippen LogP contribution in [0.3, 0.4) is 0 Å². The van der Waals surface area contributed by atoms with Crippen LogP contribution in [0, 0.1) is 0 Å². The maximum absolute atomic E-state index is 5.41. The van der Waals surface area contributed by atoms with Gasteiger partial charge in [-0.1, -0.05) is 6.92 Å². The van der Waals surface area contributed by atoms with Crippen LogP contribution >= 0.6 is 0 Å². The molecule has 1 N–H and O–H groups in total. The minimum Gasteiger partial charge on any atom is -0.381 e. The number of ether oxygens (including phenoxy) is 1. The molecule has 2 aliphatic rings. The molecule has 5 nitrogen and oxygen atoms in total. The number of hydrogen-bond donors (Lipinski definition) is 1. The number of nitrogens with zero attached hydrogens (tertiary/aromatic N) is 3. The Kier molecular flexibility index (Phi) is 4.35. The molecule has 2 saturated heterocycles. The zero-order valence-corrected chi connectivity index (χ0v) is 12.3. The minimum atomic E-state index is 0.481. The van der Waals surface area contributed by atoms with E-state index in [9.17, 15) is 0 Å². The van der Waals surface area contributed by atoms with Crippen molar-refractivity contribution in [1.82, 2.24) is 9.97 Å². The van der Waals surface area contributed by atoms with Gasteiger partial charge in [-0.15, -0.1) is 0 Å². The van der Waals surface area contributed by atoms with E-state index in [-0.39, 0.29) is 0 Å². The Morgan fingerprint density at radius 3 is 2.70 bits per heavy atom. The van der Waals surface area contributed by atoms with Crippen molar-refractivity contribution in [2.24, 2.45) is 0 Å². The van der Waals surface area contributed by atoms with E-state index < -0.39 is 0 Å². The number of aryl methyl sites for hydroxylation is 1. The summed E-state index contributed by atoms with van der Waals surface area (Å²) in [4.78, 5) is 11.7. The number of hydrogen-bond acceptors (Lipinski definition) is 5. The van der Waals surface area contributed by atoms with Gasteiger partial charge < -0.3 is 15.0 Å². The topological polar surface area (TPSA) is 50.3 Å². The molecule has 3 rings (SSSR count). The van der Waals surface area contributed by atoms with Gasteiger partial charge in [0.2, 0.25) is 0 Å². The standard InChI is InChI=1S/C15H24N4O/c1-2-13-17-14(16-12-5-9-20-10-6-12)11-15(18-13)19-7-3-4-8-19/h11-12H,2-10H2,1H3,(H,16,17,18). The van der Waals surface area contributed by atoms with Crippen molar-refractivity contribution >= 4 is 11.6 Å². The minimum absolute atomic E-state index is 0.481. The molecule has 2 aliphatic heterocycles. The first kappa shape index (κ1) is 13.6. The summed E-state index contributed by atoms with van der Waals surface area (Å²) in [6, 6.07) is 2.59. The van der Waals surface area contributed by atoms with Gasteiger partial charge in [-0.25, -0.2) is 9.97 Å². The first-order valence-electron chi connectivity index (χ1n) is 7.82. The van der Waals surface area contributed by atoms with Crippen molar-refractivity contribution in [3.63, 3.8) is 0 Å². The predicted octanol–water partition coefficient (Wildman–Crippen LogP) is 2.23. The van der Waals surface area contributed by atoms with E-state index in [4.69, 9.17) is 4.74 Å². The lowest BCUT2D eigenvalue weighted by molar-refractivity contribution is 0.0904. The average molecular weight is 276 g/mol. The number of rotatable bonds is 4. The van der Waals surface area contributed by atoms with Crippen LogP contribution in [-0.4, -0.2) is 42.3 Å². The van der Waals surface area contributed by atoms with E-state index in [1.807, 2.05) is 0 Å². The van der Waals surface area contributed by atoms with Gasteiger partial charge in [-0.05, 0) is 25.7 Å². The Bertz CT molecular complexity index is 439. The Hall–Kier alpha value is -1.36. The zero-order chi connectivity index (χ0) is 13.8. The number of aromatic nitrogens is 2. The van der Waals surface area contributed by atoms with Crippen LogP contribution in [0.25, 0.3) is 0 Å². The fourth-order valence-corrected chi connectivity index (χ4v) is 2.87. The molecule has 0 aliphatic carbocycles. The molecule has 0 atom stereocenters. The second-order valence-corrected chi connectivity index (χ2v) is 5.61. The van der Waals surface area contributed by atoms with Crippen molar-refractivity contribution < 1.29 is 4.74 Å². The molecule has 0 amide bonds. The Labute approximate surface area is 120 Å². The molecule has 0 bridgehead atoms. The van der Waals surface area contributed by atoms with E-state index in [2.05, 4.69) is 33.2 Å². The van der Waals surface area contributed by atoms with Gasteiger partial charge in [0, 0.05) is 44.8 Å². The summed E-state index contributed by atoms with van der Waals surface area (Å²) in [6.45, 7) is 6.06. The normalized spacial score (nSPS) is 20.4. The highest BCUT2D eigenvalue weighted by Crippen LogP contribution is 2.22. The lowest BCUT2D eigenvalue weighted by Gasteiger charge is -2.25. The van der Waals surface area contributed by atoms with E-state index >= 15 is 0 Å². The molecule has 1 aromatic heterocycles. The summed E-state index contributed by atoms with van der Waals surface area (Å²) in [5.74, 6) is 3.00. The lowest BCUT2D eigenvalue weighted by atomic mass is 10.1. The van der Waals surface area contributed by atoms with Crippen LogP contribution in [0.5, 0.6) is 0 Å². The summed E-state index contributed by atoms with van der Waals surface area (Å²) < 4.78 is 5.41. The molecule has 0 spiro atoms. The summed E-state index contributed by atoms with van der Waals surface area (Å²) in [6.07, 6.45) is 5.54. The zero-order valence-electron chi connectivity index (χ0n) is 12.3. The van der Waals surface area contributed by atoms with Crippen LogP contribution in [-0.2, 0) is 11.2 Å². The largest absolute Gasteiger partial charge is 0.381 e. The van der Waals surface area contributed by atoms with Crippen molar-refractivity contribution in [2.45, 2.75) is 45.1 Å². The molecular weight excluding hydrogens is 252 g/mol. The Morgan fingerprint density at radius 1 is 1.25 bits per heavy atom. The molecule has 1 aromatic rings. The molecular formula is C15H24N4O. The maximum atomic E-state index is 5.41. The molecule has 3 heterocycles. The molecule has 2 fully saturated rings. The van der Waals surface area contributed by atoms with Gasteiger partial charge in [0.25, 0.3) is 0 Å². The third-order valence-corrected chi connectivity index (χ3v) is 4.08. The quantitative estimate of drug-likeness (QED) is 0.914. The fourth-order valence-electron chi connectivity index (χ4n) is 2.87. The fraction of sp³-hybridized carbons (Fsp3) is 0.733. The third-order valence-electron chi connectivity index (χ3n) is 4.08. The van der Waals surface area contributed by atoms with E-state index in [1.165, 1.54) is 12.8 Å². The van der Waals surface area contributed by atoms with E-state index in [0.29, 0.717) is 6.04 Å². The van der Waals surface area contributed by atoms with Gasteiger partial charge in [0.05, 0.1) is 0 Å². The highest BCUT2D eigenvalue weighted by atomic mass is 16.5. The van der Waals surface area contributed by atoms with Crippen LogP contribution in [0.15, 0.2) is 6.07 Å². The predicted molar refractivity (Wildman–Crippen MR) is 80.3 cm³/mol. The molecule has 0 aromatic carbocycles. The molecule has 0 saturated carbocycles. The summed E-state index contributed by atoms with van der Waals surface area (Å²) in [5, 5.41) is 3.56. The van der Waals surface area contributed by atoms with Gasteiger partial charge >= 0.3 is 0 Å². The summed E-state index contributed by atoms with van der Waals surface area (Å²) in [7, 11) is 0. The SMILES string of the molecule is CCc1nc(NC2CCOCC2)cc(N2CCCC2)n1. The highest BCUT2D eigenvalue weighted by molar-refractivity contribution is 5.50. The third kappa shape index (κ3) is 3.20. The summed E-state index contributed by atoms with van der Waals surface area (Å²) in [5.41, 5.74) is 0.